The summed E-state index contributed by atoms with van der Waals surface area (Å²) in [4.78, 5) is 20.7. The molecule has 1 amide bonds. The number of rotatable bonds is 8. The van der Waals surface area contributed by atoms with Gasteiger partial charge in [-0.25, -0.2) is 9.50 Å². The van der Waals surface area contributed by atoms with Gasteiger partial charge in [0.25, 0.3) is 0 Å². The van der Waals surface area contributed by atoms with Gasteiger partial charge in [0.15, 0.2) is 10.8 Å². The molecule has 0 bridgehead atoms. The zero-order chi connectivity index (χ0) is 23.4. The van der Waals surface area contributed by atoms with Gasteiger partial charge >= 0.3 is 0 Å². The van der Waals surface area contributed by atoms with E-state index in [1.54, 1.807) is 6.92 Å². The van der Waals surface area contributed by atoms with Crippen molar-refractivity contribution in [2.45, 2.75) is 65.3 Å². The number of aromatic nitrogens is 3. The molecule has 2 aromatic rings. The lowest BCUT2D eigenvalue weighted by atomic mass is 9.94. The summed E-state index contributed by atoms with van der Waals surface area (Å²) in [5.41, 5.74) is 3.07. The van der Waals surface area contributed by atoms with Crippen LogP contribution in [0.25, 0.3) is 5.65 Å². The first kappa shape index (κ1) is 24.4. The first-order valence-corrected chi connectivity index (χ1v) is 13.0. The molecule has 4 heterocycles. The third-order valence-corrected chi connectivity index (χ3v) is 7.64. The molecule has 33 heavy (non-hydrogen) atoms. The summed E-state index contributed by atoms with van der Waals surface area (Å²) < 4.78 is 1.99. The number of nitrogens with one attached hydrogen (secondary N) is 1. The molecule has 1 unspecified atom stereocenters. The van der Waals surface area contributed by atoms with E-state index in [0.29, 0.717) is 23.5 Å². The zero-order valence-electron chi connectivity index (χ0n) is 20.4. The highest BCUT2D eigenvalue weighted by atomic mass is 35.5. The topological polar surface area (TPSA) is 65.8 Å². The Labute approximate surface area is 202 Å². The van der Waals surface area contributed by atoms with Crippen molar-refractivity contribution in [3.05, 3.63) is 28.7 Å². The van der Waals surface area contributed by atoms with E-state index in [-0.39, 0.29) is 5.91 Å². The summed E-state index contributed by atoms with van der Waals surface area (Å²) in [6.45, 7) is 13.0. The summed E-state index contributed by atoms with van der Waals surface area (Å²) in [6.07, 6.45) is 7.66. The van der Waals surface area contributed by atoms with Gasteiger partial charge in [-0.05, 0) is 69.6 Å². The SMILES string of the molecule is CC(=O)N1CCC(CNCc2c(Cl)nn3c(C4CCCN(CCC(C)C)C4)ccnc23)CC1. The van der Waals surface area contributed by atoms with Gasteiger partial charge in [0.05, 0.1) is 5.69 Å². The maximum Gasteiger partial charge on any atom is 0.219 e. The van der Waals surface area contributed by atoms with Crippen LogP contribution >= 0.6 is 11.6 Å². The normalized spacial score (nSPS) is 20.8. The highest BCUT2D eigenvalue weighted by Gasteiger charge is 2.25. The Kier molecular flexibility index (Phi) is 8.25. The number of halogens is 1. The van der Waals surface area contributed by atoms with Crippen LogP contribution in [0.3, 0.4) is 0 Å². The Morgan fingerprint density at radius 2 is 2.03 bits per heavy atom. The van der Waals surface area contributed by atoms with Crippen molar-refractivity contribution in [2.24, 2.45) is 11.8 Å². The van der Waals surface area contributed by atoms with Crippen molar-refractivity contribution in [1.29, 1.82) is 0 Å². The van der Waals surface area contributed by atoms with Crippen molar-refractivity contribution in [3.8, 4) is 0 Å². The molecular weight excluding hydrogens is 436 g/mol. The number of hydrogen-bond acceptors (Lipinski definition) is 5. The van der Waals surface area contributed by atoms with E-state index in [0.717, 1.165) is 56.1 Å². The van der Waals surface area contributed by atoms with Gasteiger partial charge in [-0.15, -0.1) is 0 Å². The molecular formula is C25H39ClN6O. The second kappa shape index (κ2) is 11.2. The van der Waals surface area contributed by atoms with E-state index < -0.39 is 0 Å². The van der Waals surface area contributed by atoms with Crippen LogP contribution < -0.4 is 5.32 Å². The molecule has 2 aromatic heterocycles. The van der Waals surface area contributed by atoms with Crippen LogP contribution in [0.4, 0.5) is 0 Å². The van der Waals surface area contributed by atoms with Gasteiger partial charge in [0, 0.05) is 50.8 Å². The maximum absolute atomic E-state index is 11.5. The maximum atomic E-state index is 11.5. The lowest BCUT2D eigenvalue weighted by molar-refractivity contribution is -0.130. The number of amides is 1. The Morgan fingerprint density at radius 3 is 2.76 bits per heavy atom. The quantitative estimate of drug-likeness (QED) is 0.627. The molecule has 8 heteroatoms. The predicted octanol–water partition coefficient (Wildman–Crippen LogP) is 3.96. The number of likely N-dealkylation sites (tertiary alicyclic amines) is 2. The fourth-order valence-electron chi connectivity index (χ4n) is 5.24. The predicted molar refractivity (Wildman–Crippen MR) is 133 cm³/mol. The molecule has 2 aliphatic heterocycles. The van der Waals surface area contributed by atoms with Crippen molar-refractivity contribution in [2.75, 3.05) is 39.3 Å². The Hall–Kier alpha value is -1.70. The molecule has 2 fully saturated rings. The minimum absolute atomic E-state index is 0.183. The minimum atomic E-state index is 0.183. The second-order valence-electron chi connectivity index (χ2n) is 10.3. The van der Waals surface area contributed by atoms with E-state index in [2.05, 4.69) is 35.1 Å². The summed E-state index contributed by atoms with van der Waals surface area (Å²) in [5.74, 6) is 1.96. The van der Waals surface area contributed by atoms with E-state index in [9.17, 15) is 4.79 Å². The first-order chi connectivity index (χ1) is 15.9. The van der Waals surface area contributed by atoms with Gasteiger partial charge in [0.2, 0.25) is 5.91 Å². The second-order valence-corrected chi connectivity index (χ2v) is 10.6. The zero-order valence-corrected chi connectivity index (χ0v) is 21.2. The van der Waals surface area contributed by atoms with E-state index in [4.69, 9.17) is 16.7 Å². The van der Waals surface area contributed by atoms with Crippen LogP contribution in [-0.4, -0.2) is 69.6 Å². The molecule has 182 valence electrons. The molecule has 7 nitrogen and oxygen atoms in total. The molecule has 2 aliphatic rings. The minimum Gasteiger partial charge on any atom is -0.343 e. The molecule has 0 aliphatic carbocycles. The van der Waals surface area contributed by atoms with Crippen LogP contribution in [0.2, 0.25) is 5.15 Å². The third-order valence-electron chi connectivity index (χ3n) is 7.34. The fourth-order valence-corrected chi connectivity index (χ4v) is 5.47. The Morgan fingerprint density at radius 1 is 1.24 bits per heavy atom. The van der Waals surface area contributed by atoms with Gasteiger partial charge in [-0.3, -0.25) is 4.79 Å². The number of nitrogens with zero attached hydrogens (tertiary/aromatic N) is 5. The lowest BCUT2D eigenvalue weighted by Gasteiger charge is -2.33. The average molecular weight is 475 g/mol. The highest BCUT2D eigenvalue weighted by molar-refractivity contribution is 6.30. The van der Waals surface area contributed by atoms with E-state index in [1.807, 2.05) is 15.6 Å². The number of piperidine rings is 2. The van der Waals surface area contributed by atoms with Gasteiger partial charge < -0.3 is 15.1 Å². The molecule has 0 spiro atoms. The number of hydrogen-bond donors (Lipinski definition) is 1. The third kappa shape index (κ3) is 6.06. The van der Waals surface area contributed by atoms with Crippen LogP contribution in [0.5, 0.6) is 0 Å². The molecule has 4 rings (SSSR count). The van der Waals surface area contributed by atoms with E-state index in [1.165, 1.54) is 38.0 Å². The van der Waals surface area contributed by atoms with Crippen LogP contribution in [0.15, 0.2) is 12.3 Å². The van der Waals surface area contributed by atoms with Crippen molar-refractivity contribution in [3.63, 3.8) is 0 Å². The Bertz CT molecular complexity index is 936. The van der Waals surface area contributed by atoms with Crippen molar-refractivity contribution >= 4 is 23.2 Å². The van der Waals surface area contributed by atoms with Crippen LogP contribution in [0, 0.1) is 11.8 Å². The number of carbonyl (C=O) groups excluding carboxylic acids is 1. The molecule has 0 radical (unpaired) electrons. The van der Waals surface area contributed by atoms with E-state index >= 15 is 0 Å². The average Bonchev–Trinajstić information content (AvgIpc) is 3.13. The molecule has 1 atom stereocenters. The summed E-state index contributed by atoms with van der Waals surface area (Å²) >= 11 is 6.60. The number of fused-ring (bicyclic) bond motifs is 1. The van der Waals surface area contributed by atoms with Gasteiger partial charge in [-0.1, -0.05) is 25.4 Å². The summed E-state index contributed by atoms with van der Waals surface area (Å²) in [5, 5.41) is 8.82. The number of carbonyl (C=O) groups is 1. The Balaban J connectivity index is 1.39. The standard InChI is InChI=1S/C25H39ClN6O/c1-18(2)7-12-30-11-4-5-21(17-30)23-6-10-28-25-22(24(26)29-32(23)25)16-27-15-20-8-13-31(14-9-20)19(3)33/h6,10,18,20-21,27H,4-5,7-9,11-17H2,1-3H3. The lowest BCUT2D eigenvalue weighted by Crippen LogP contribution is -2.39. The largest absolute Gasteiger partial charge is 0.343 e. The highest BCUT2D eigenvalue weighted by Crippen LogP contribution is 2.29. The monoisotopic (exact) mass is 474 g/mol. The van der Waals surface area contributed by atoms with Gasteiger partial charge in [-0.2, -0.15) is 5.10 Å². The van der Waals surface area contributed by atoms with Crippen molar-refractivity contribution in [1.82, 2.24) is 29.7 Å². The van der Waals surface area contributed by atoms with Crippen LogP contribution in [-0.2, 0) is 11.3 Å². The first-order valence-electron chi connectivity index (χ1n) is 12.6. The van der Waals surface area contributed by atoms with Crippen molar-refractivity contribution < 1.29 is 4.79 Å². The molecule has 1 N–H and O–H groups in total. The fraction of sp³-hybridized carbons (Fsp3) is 0.720. The summed E-state index contributed by atoms with van der Waals surface area (Å²) in [6, 6.07) is 2.12. The smallest absolute Gasteiger partial charge is 0.219 e. The molecule has 2 saturated heterocycles. The van der Waals surface area contributed by atoms with Gasteiger partial charge in [0.1, 0.15) is 0 Å². The molecule has 0 aromatic carbocycles. The van der Waals surface area contributed by atoms with Crippen LogP contribution in [0.1, 0.15) is 70.1 Å². The molecule has 0 saturated carbocycles. The summed E-state index contributed by atoms with van der Waals surface area (Å²) in [7, 11) is 0.